The van der Waals surface area contributed by atoms with Crippen molar-refractivity contribution >= 4 is 26.6 Å². The molecule has 0 bridgehead atoms. The van der Waals surface area contributed by atoms with Crippen LogP contribution in [0.15, 0.2) is 27.8 Å². The molecule has 1 aromatic heterocycles. The van der Waals surface area contributed by atoms with Crippen LogP contribution in [0.4, 0.5) is 5.69 Å². The Labute approximate surface area is 118 Å². The molecule has 0 saturated heterocycles. The first kappa shape index (κ1) is 14.8. The first-order valence-corrected chi connectivity index (χ1v) is 8.22. The third-order valence-corrected chi connectivity index (χ3v) is 4.66. The van der Waals surface area contributed by atoms with E-state index in [1.807, 2.05) is 18.7 Å². The van der Waals surface area contributed by atoms with E-state index >= 15 is 0 Å². The molecule has 0 atom stereocenters. The highest BCUT2D eigenvalue weighted by molar-refractivity contribution is 7.91. The van der Waals surface area contributed by atoms with Crippen LogP contribution < -0.4 is 5.73 Å². The Morgan fingerprint density at radius 1 is 1.30 bits per heavy atom. The molecule has 0 saturated carbocycles. The average molecular weight is 297 g/mol. The number of hydrogen-bond acceptors (Lipinski definition) is 6. The van der Waals surface area contributed by atoms with E-state index in [0.29, 0.717) is 23.3 Å². The van der Waals surface area contributed by atoms with Crippen molar-refractivity contribution in [3.8, 4) is 0 Å². The van der Waals surface area contributed by atoms with E-state index in [9.17, 15) is 8.42 Å². The topological polar surface area (TPSA) is 89.4 Å². The SMILES string of the molecule is CCN(CC)CCS(=O)(=O)c1nc2ccc(N)cc2o1. The van der Waals surface area contributed by atoms with Crippen LogP contribution in [0.3, 0.4) is 0 Å². The first-order valence-electron chi connectivity index (χ1n) is 6.57. The minimum Gasteiger partial charge on any atom is -0.428 e. The van der Waals surface area contributed by atoms with Gasteiger partial charge in [-0.25, -0.2) is 8.42 Å². The maximum absolute atomic E-state index is 12.2. The standard InChI is InChI=1S/C13H19N3O3S/c1-3-16(4-2)7-8-20(17,18)13-15-11-6-5-10(14)9-12(11)19-13/h5-6,9H,3-4,7-8,14H2,1-2H3. The lowest BCUT2D eigenvalue weighted by Gasteiger charge is -2.16. The summed E-state index contributed by atoms with van der Waals surface area (Å²) in [6.45, 7) is 6.10. The van der Waals surface area contributed by atoms with Crippen LogP contribution in [0.25, 0.3) is 11.1 Å². The molecule has 2 aromatic rings. The first-order chi connectivity index (χ1) is 9.46. The lowest BCUT2D eigenvalue weighted by molar-refractivity contribution is 0.320. The van der Waals surface area contributed by atoms with Crippen LogP contribution in [0, 0.1) is 0 Å². The Morgan fingerprint density at radius 3 is 2.65 bits per heavy atom. The number of oxazole rings is 1. The van der Waals surface area contributed by atoms with Crippen molar-refractivity contribution in [3.63, 3.8) is 0 Å². The molecule has 0 fully saturated rings. The largest absolute Gasteiger partial charge is 0.428 e. The summed E-state index contributed by atoms with van der Waals surface area (Å²) in [6, 6.07) is 4.89. The fourth-order valence-corrected chi connectivity index (χ4v) is 3.06. The Kier molecular flexibility index (Phi) is 4.29. The Hall–Kier alpha value is -1.60. The molecule has 110 valence electrons. The summed E-state index contributed by atoms with van der Waals surface area (Å²) in [7, 11) is -3.51. The summed E-state index contributed by atoms with van der Waals surface area (Å²) < 4.78 is 29.7. The summed E-state index contributed by atoms with van der Waals surface area (Å²) in [5.41, 5.74) is 7.04. The van der Waals surface area contributed by atoms with Gasteiger partial charge in [0.2, 0.25) is 9.84 Å². The number of nitrogen functional groups attached to an aromatic ring is 1. The predicted molar refractivity (Wildman–Crippen MR) is 78.3 cm³/mol. The molecule has 20 heavy (non-hydrogen) atoms. The monoisotopic (exact) mass is 297 g/mol. The van der Waals surface area contributed by atoms with E-state index in [1.165, 1.54) is 0 Å². The average Bonchev–Trinajstić information content (AvgIpc) is 2.83. The number of aromatic nitrogens is 1. The third-order valence-electron chi connectivity index (χ3n) is 3.23. The molecule has 0 amide bonds. The van der Waals surface area contributed by atoms with Gasteiger partial charge in [0, 0.05) is 18.3 Å². The van der Waals surface area contributed by atoms with Gasteiger partial charge in [-0.3, -0.25) is 0 Å². The van der Waals surface area contributed by atoms with E-state index in [-0.39, 0.29) is 11.0 Å². The fraction of sp³-hybridized carbons (Fsp3) is 0.462. The van der Waals surface area contributed by atoms with E-state index in [2.05, 4.69) is 4.98 Å². The highest BCUT2D eigenvalue weighted by Crippen LogP contribution is 2.21. The van der Waals surface area contributed by atoms with Gasteiger partial charge in [-0.2, -0.15) is 4.98 Å². The number of rotatable bonds is 6. The molecular formula is C13H19N3O3S. The van der Waals surface area contributed by atoms with Gasteiger partial charge < -0.3 is 15.1 Å². The minimum absolute atomic E-state index is 0.00299. The molecule has 0 aliphatic rings. The normalized spacial score (nSPS) is 12.3. The van der Waals surface area contributed by atoms with Crippen LogP contribution in [0.2, 0.25) is 0 Å². The lowest BCUT2D eigenvalue weighted by atomic mass is 10.3. The lowest BCUT2D eigenvalue weighted by Crippen LogP contribution is -2.29. The predicted octanol–water partition coefficient (Wildman–Crippen LogP) is 1.53. The maximum atomic E-state index is 12.2. The molecule has 6 nitrogen and oxygen atoms in total. The number of nitrogens with two attached hydrogens (primary N) is 1. The number of nitrogens with zero attached hydrogens (tertiary/aromatic N) is 2. The zero-order valence-corrected chi connectivity index (χ0v) is 12.5. The molecule has 1 aromatic carbocycles. The van der Waals surface area contributed by atoms with Crippen LogP contribution in [-0.4, -0.2) is 43.7 Å². The molecule has 0 aliphatic heterocycles. The van der Waals surface area contributed by atoms with E-state index in [1.54, 1.807) is 18.2 Å². The molecule has 0 radical (unpaired) electrons. The quantitative estimate of drug-likeness (QED) is 0.813. The van der Waals surface area contributed by atoms with Crippen molar-refractivity contribution in [2.75, 3.05) is 31.1 Å². The molecule has 7 heteroatoms. The van der Waals surface area contributed by atoms with Crippen molar-refractivity contribution in [2.24, 2.45) is 0 Å². The van der Waals surface area contributed by atoms with Crippen molar-refractivity contribution < 1.29 is 12.8 Å². The van der Waals surface area contributed by atoms with Gasteiger partial charge in [0.15, 0.2) is 5.58 Å². The fourth-order valence-electron chi connectivity index (χ4n) is 1.93. The molecule has 0 aliphatic carbocycles. The molecule has 2 rings (SSSR count). The van der Waals surface area contributed by atoms with Gasteiger partial charge in [0.1, 0.15) is 5.52 Å². The van der Waals surface area contributed by atoms with Crippen molar-refractivity contribution in [2.45, 2.75) is 19.1 Å². The summed E-state index contributed by atoms with van der Waals surface area (Å²) in [4.78, 5) is 6.07. The summed E-state index contributed by atoms with van der Waals surface area (Å²) >= 11 is 0. The van der Waals surface area contributed by atoms with Crippen molar-refractivity contribution in [1.29, 1.82) is 0 Å². The van der Waals surface area contributed by atoms with Gasteiger partial charge >= 0.3 is 5.22 Å². The van der Waals surface area contributed by atoms with E-state index < -0.39 is 9.84 Å². The molecular weight excluding hydrogens is 278 g/mol. The molecule has 2 N–H and O–H groups in total. The Bertz CT molecular complexity index is 690. The second-order valence-corrected chi connectivity index (χ2v) is 6.54. The van der Waals surface area contributed by atoms with Gasteiger partial charge in [-0.05, 0) is 25.2 Å². The number of sulfone groups is 1. The molecule has 0 unspecified atom stereocenters. The number of anilines is 1. The van der Waals surface area contributed by atoms with Crippen molar-refractivity contribution in [3.05, 3.63) is 18.2 Å². The van der Waals surface area contributed by atoms with Gasteiger partial charge in [-0.15, -0.1) is 0 Å². The van der Waals surface area contributed by atoms with Crippen molar-refractivity contribution in [1.82, 2.24) is 9.88 Å². The van der Waals surface area contributed by atoms with E-state index in [4.69, 9.17) is 10.2 Å². The zero-order valence-electron chi connectivity index (χ0n) is 11.7. The van der Waals surface area contributed by atoms with Crippen LogP contribution in [-0.2, 0) is 9.84 Å². The number of hydrogen-bond donors (Lipinski definition) is 1. The third kappa shape index (κ3) is 3.10. The van der Waals surface area contributed by atoms with Crippen LogP contribution >= 0.6 is 0 Å². The van der Waals surface area contributed by atoms with Gasteiger partial charge in [0.25, 0.3) is 0 Å². The zero-order chi connectivity index (χ0) is 14.8. The molecule has 1 heterocycles. The maximum Gasteiger partial charge on any atom is 0.316 e. The summed E-state index contributed by atoms with van der Waals surface area (Å²) in [5.74, 6) is -0.00299. The second-order valence-electron chi connectivity index (χ2n) is 4.55. The summed E-state index contributed by atoms with van der Waals surface area (Å²) in [5, 5.41) is -0.231. The van der Waals surface area contributed by atoms with Crippen LogP contribution in [0.1, 0.15) is 13.8 Å². The van der Waals surface area contributed by atoms with Gasteiger partial charge in [0.05, 0.1) is 5.75 Å². The number of benzene rings is 1. The second kappa shape index (κ2) is 5.80. The van der Waals surface area contributed by atoms with E-state index in [0.717, 1.165) is 13.1 Å². The smallest absolute Gasteiger partial charge is 0.316 e. The highest BCUT2D eigenvalue weighted by Gasteiger charge is 2.22. The Balaban J connectivity index is 2.23. The van der Waals surface area contributed by atoms with Gasteiger partial charge in [-0.1, -0.05) is 13.8 Å². The molecule has 0 spiro atoms. The Morgan fingerprint density at radius 2 is 2.00 bits per heavy atom. The highest BCUT2D eigenvalue weighted by atomic mass is 32.2. The summed E-state index contributed by atoms with van der Waals surface area (Å²) in [6.07, 6.45) is 0. The minimum atomic E-state index is -3.51. The number of fused-ring (bicyclic) bond motifs is 1. The van der Waals surface area contributed by atoms with Crippen LogP contribution in [0.5, 0.6) is 0 Å².